The molecule has 6 heteroatoms. The molecule has 0 aliphatic heterocycles. The first-order valence-electron chi connectivity index (χ1n) is 4.41. The number of benzene rings is 1. The number of phenols is 1. The molecule has 0 bridgehead atoms. The Kier molecular flexibility index (Phi) is 2.62. The maximum atomic E-state index is 9.70. The topological polar surface area (TPSA) is 81.5 Å². The zero-order valence-corrected chi connectivity index (χ0v) is 9.15. The standard InChI is InChI=1S/C10H9ClN2O3/c1-15-10-5(2-3-6(11)9(10)14)7-4-8(12)16-13-7/h2-4,14H,12H2,1H3. The Morgan fingerprint density at radius 2 is 2.25 bits per heavy atom. The van der Waals surface area contributed by atoms with Crippen molar-refractivity contribution < 1.29 is 14.4 Å². The van der Waals surface area contributed by atoms with Crippen molar-refractivity contribution >= 4 is 17.5 Å². The van der Waals surface area contributed by atoms with Gasteiger partial charge in [-0.2, -0.15) is 0 Å². The normalized spacial score (nSPS) is 10.4. The molecule has 16 heavy (non-hydrogen) atoms. The van der Waals surface area contributed by atoms with Crippen molar-refractivity contribution in [2.45, 2.75) is 0 Å². The Hall–Kier alpha value is -1.88. The van der Waals surface area contributed by atoms with Crippen molar-refractivity contribution in [1.29, 1.82) is 0 Å². The highest BCUT2D eigenvalue weighted by atomic mass is 35.5. The molecule has 5 nitrogen and oxygen atoms in total. The molecule has 0 atom stereocenters. The lowest BCUT2D eigenvalue weighted by Crippen LogP contribution is -1.89. The number of rotatable bonds is 2. The second-order valence-corrected chi connectivity index (χ2v) is 3.50. The molecule has 1 aromatic heterocycles. The predicted molar refractivity (Wildman–Crippen MR) is 59.6 cm³/mol. The molecular weight excluding hydrogens is 232 g/mol. The lowest BCUT2D eigenvalue weighted by Gasteiger charge is -2.08. The maximum Gasteiger partial charge on any atom is 0.222 e. The molecule has 0 spiro atoms. The van der Waals surface area contributed by atoms with Crippen LogP contribution in [0.2, 0.25) is 5.02 Å². The van der Waals surface area contributed by atoms with Crippen LogP contribution in [0.1, 0.15) is 0 Å². The number of phenolic OH excluding ortho intramolecular Hbond substituents is 1. The van der Waals surface area contributed by atoms with E-state index in [9.17, 15) is 5.11 Å². The first kappa shape index (κ1) is 10.6. The van der Waals surface area contributed by atoms with Gasteiger partial charge < -0.3 is 20.1 Å². The van der Waals surface area contributed by atoms with Gasteiger partial charge in [0.15, 0.2) is 11.5 Å². The van der Waals surface area contributed by atoms with Crippen LogP contribution in [0.15, 0.2) is 22.7 Å². The third-order valence-corrected chi connectivity index (χ3v) is 2.40. The highest BCUT2D eigenvalue weighted by molar-refractivity contribution is 6.32. The average Bonchev–Trinajstić information content (AvgIpc) is 2.68. The number of aromatic hydroxyl groups is 1. The fourth-order valence-corrected chi connectivity index (χ4v) is 1.52. The van der Waals surface area contributed by atoms with Gasteiger partial charge in [-0.3, -0.25) is 0 Å². The van der Waals surface area contributed by atoms with Crippen LogP contribution in [-0.4, -0.2) is 17.4 Å². The summed E-state index contributed by atoms with van der Waals surface area (Å²) in [6, 6.07) is 4.74. The Morgan fingerprint density at radius 3 is 2.81 bits per heavy atom. The summed E-state index contributed by atoms with van der Waals surface area (Å²) in [5.41, 5.74) is 6.45. The van der Waals surface area contributed by atoms with E-state index in [0.29, 0.717) is 11.3 Å². The molecule has 0 aliphatic rings. The summed E-state index contributed by atoms with van der Waals surface area (Å²) < 4.78 is 9.81. The van der Waals surface area contributed by atoms with Crippen molar-refractivity contribution in [2.24, 2.45) is 0 Å². The molecule has 1 aromatic carbocycles. The molecule has 0 unspecified atom stereocenters. The number of anilines is 1. The smallest absolute Gasteiger partial charge is 0.222 e. The van der Waals surface area contributed by atoms with Crippen LogP contribution < -0.4 is 10.5 Å². The third kappa shape index (κ3) is 1.65. The summed E-state index contributed by atoms with van der Waals surface area (Å²) >= 11 is 5.76. The number of aromatic nitrogens is 1. The van der Waals surface area contributed by atoms with Crippen LogP contribution in [0, 0.1) is 0 Å². The summed E-state index contributed by atoms with van der Waals surface area (Å²) in [6.07, 6.45) is 0. The summed E-state index contributed by atoms with van der Waals surface area (Å²) in [4.78, 5) is 0. The van der Waals surface area contributed by atoms with Crippen LogP contribution >= 0.6 is 11.6 Å². The third-order valence-electron chi connectivity index (χ3n) is 2.09. The monoisotopic (exact) mass is 240 g/mol. The van der Waals surface area contributed by atoms with Crippen LogP contribution in [0.4, 0.5) is 5.88 Å². The first-order valence-corrected chi connectivity index (χ1v) is 4.79. The molecule has 1 heterocycles. The first-order chi connectivity index (χ1) is 7.63. The van der Waals surface area contributed by atoms with E-state index in [1.54, 1.807) is 12.1 Å². The van der Waals surface area contributed by atoms with E-state index in [2.05, 4.69) is 5.16 Å². The molecule has 0 fully saturated rings. The fraction of sp³-hybridized carbons (Fsp3) is 0.100. The van der Waals surface area contributed by atoms with Gasteiger partial charge in [0.25, 0.3) is 0 Å². The van der Waals surface area contributed by atoms with Crippen molar-refractivity contribution in [2.75, 3.05) is 12.8 Å². The van der Waals surface area contributed by atoms with Crippen molar-refractivity contribution in [3.05, 3.63) is 23.2 Å². The second-order valence-electron chi connectivity index (χ2n) is 3.09. The largest absolute Gasteiger partial charge is 0.503 e. The minimum atomic E-state index is -0.136. The van der Waals surface area contributed by atoms with Gasteiger partial charge in [-0.15, -0.1) is 0 Å². The van der Waals surface area contributed by atoms with Gasteiger partial charge in [0.1, 0.15) is 5.69 Å². The van der Waals surface area contributed by atoms with Crippen molar-refractivity contribution in [3.63, 3.8) is 0 Å². The minimum Gasteiger partial charge on any atom is -0.503 e. The van der Waals surface area contributed by atoms with E-state index in [1.807, 2.05) is 0 Å². The molecule has 3 N–H and O–H groups in total. The lowest BCUT2D eigenvalue weighted by atomic mass is 10.1. The number of hydrogen-bond donors (Lipinski definition) is 2. The van der Waals surface area contributed by atoms with Gasteiger partial charge in [-0.05, 0) is 12.1 Å². The Bertz CT molecular complexity index is 525. The Balaban J connectivity index is 2.61. The summed E-state index contributed by atoms with van der Waals surface area (Å²) in [7, 11) is 1.43. The van der Waals surface area contributed by atoms with E-state index < -0.39 is 0 Å². The molecule has 2 rings (SSSR count). The second kappa shape index (κ2) is 3.94. The molecule has 0 radical (unpaired) electrons. The van der Waals surface area contributed by atoms with E-state index in [0.717, 1.165) is 0 Å². The SMILES string of the molecule is COc1c(-c2cc(N)on2)ccc(Cl)c1O. The molecule has 84 valence electrons. The molecule has 0 aliphatic carbocycles. The van der Waals surface area contributed by atoms with E-state index >= 15 is 0 Å². The van der Waals surface area contributed by atoms with E-state index in [4.69, 9.17) is 26.6 Å². The van der Waals surface area contributed by atoms with E-state index in [-0.39, 0.29) is 22.4 Å². The Morgan fingerprint density at radius 1 is 1.50 bits per heavy atom. The summed E-state index contributed by atoms with van der Waals surface area (Å²) in [6.45, 7) is 0. The highest BCUT2D eigenvalue weighted by Crippen LogP contribution is 2.41. The van der Waals surface area contributed by atoms with Gasteiger partial charge in [-0.25, -0.2) is 0 Å². The fourth-order valence-electron chi connectivity index (χ4n) is 1.37. The zero-order chi connectivity index (χ0) is 11.7. The van der Waals surface area contributed by atoms with Gasteiger partial charge in [0, 0.05) is 11.6 Å². The van der Waals surface area contributed by atoms with Crippen molar-refractivity contribution in [3.8, 4) is 22.8 Å². The van der Waals surface area contributed by atoms with Gasteiger partial charge in [0.2, 0.25) is 5.88 Å². The van der Waals surface area contributed by atoms with Gasteiger partial charge >= 0.3 is 0 Å². The lowest BCUT2D eigenvalue weighted by molar-refractivity contribution is 0.374. The van der Waals surface area contributed by atoms with Gasteiger partial charge in [0.05, 0.1) is 12.1 Å². The number of nitrogens with zero attached hydrogens (tertiary/aromatic N) is 1. The number of nitrogens with two attached hydrogens (primary N) is 1. The number of ether oxygens (including phenoxy) is 1. The van der Waals surface area contributed by atoms with Gasteiger partial charge in [-0.1, -0.05) is 16.8 Å². The maximum absolute atomic E-state index is 9.70. The quantitative estimate of drug-likeness (QED) is 0.842. The Labute approximate surface area is 96.4 Å². The molecule has 2 aromatic rings. The minimum absolute atomic E-state index is 0.136. The van der Waals surface area contributed by atoms with Crippen LogP contribution in [0.5, 0.6) is 11.5 Å². The molecule has 0 saturated carbocycles. The number of nitrogen functional groups attached to an aromatic ring is 1. The number of methoxy groups -OCH3 is 1. The predicted octanol–water partition coefficient (Wildman–Crippen LogP) is 2.29. The number of hydrogen-bond acceptors (Lipinski definition) is 5. The zero-order valence-electron chi connectivity index (χ0n) is 8.40. The average molecular weight is 241 g/mol. The van der Waals surface area contributed by atoms with Crippen LogP contribution in [0.25, 0.3) is 11.3 Å². The summed E-state index contributed by atoms with van der Waals surface area (Å²) in [5.74, 6) is 0.288. The number of halogens is 1. The summed E-state index contributed by atoms with van der Waals surface area (Å²) in [5, 5.41) is 13.6. The van der Waals surface area contributed by atoms with Crippen LogP contribution in [0.3, 0.4) is 0 Å². The van der Waals surface area contributed by atoms with Crippen molar-refractivity contribution in [1.82, 2.24) is 5.16 Å². The molecular formula is C10H9ClN2O3. The van der Waals surface area contributed by atoms with Crippen LogP contribution in [-0.2, 0) is 0 Å². The van der Waals surface area contributed by atoms with E-state index in [1.165, 1.54) is 13.2 Å². The molecule has 0 amide bonds. The highest BCUT2D eigenvalue weighted by Gasteiger charge is 2.16. The molecule has 0 saturated heterocycles.